The monoisotopic (exact) mass is 256 g/mol. The molecule has 0 spiro atoms. The molecule has 1 aromatic carbocycles. The van der Waals surface area contributed by atoms with Gasteiger partial charge in [0, 0.05) is 0 Å². The molecule has 0 saturated carbocycles. The fourth-order valence-electron chi connectivity index (χ4n) is 2.19. The van der Waals surface area contributed by atoms with Gasteiger partial charge in [-0.25, -0.2) is 0 Å². The molecule has 104 valence electrons. The SMILES string of the molecule is C=Cc1ccc(/C=C(/CC)CCC(C)CC)c(C)c1. The van der Waals surface area contributed by atoms with Crippen molar-refractivity contribution in [1.82, 2.24) is 0 Å². The van der Waals surface area contributed by atoms with Crippen molar-refractivity contribution in [2.45, 2.75) is 53.4 Å². The first-order valence-corrected chi connectivity index (χ1v) is 7.53. The summed E-state index contributed by atoms with van der Waals surface area (Å²) in [6, 6.07) is 6.57. The van der Waals surface area contributed by atoms with Crippen LogP contribution < -0.4 is 0 Å². The van der Waals surface area contributed by atoms with Gasteiger partial charge in [-0.2, -0.15) is 0 Å². The molecule has 0 N–H and O–H groups in total. The Morgan fingerprint density at radius 3 is 2.58 bits per heavy atom. The van der Waals surface area contributed by atoms with Crippen LogP contribution in [0.5, 0.6) is 0 Å². The molecule has 1 aromatic rings. The van der Waals surface area contributed by atoms with Crippen molar-refractivity contribution in [3.05, 3.63) is 47.0 Å². The van der Waals surface area contributed by atoms with E-state index < -0.39 is 0 Å². The molecule has 0 aromatic heterocycles. The molecule has 0 saturated heterocycles. The molecule has 0 heterocycles. The predicted molar refractivity (Wildman–Crippen MR) is 88.2 cm³/mol. The van der Waals surface area contributed by atoms with Gasteiger partial charge in [-0.3, -0.25) is 0 Å². The Balaban J connectivity index is 2.82. The van der Waals surface area contributed by atoms with Crippen molar-refractivity contribution in [3.63, 3.8) is 0 Å². The molecule has 1 atom stereocenters. The summed E-state index contributed by atoms with van der Waals surface area (Å²) in [5.74, 6) is 0.833. The minimum absolute atomic E-state index is 0.833. The second-order valence-corrected chi connectivity index (χ2v) is 5.53. The van der Waals surface area contributed by atoms with Gasteiger partial charge in [0.25, 0.3) is 0 Å². The van der Waals surface area contributed by atoms with Gasteiger partial charge in [0.15, 0.2) is 0 Å². The minimum Gasteiger partial charge on any atom is -0.0985 e. The van der Waals surface area contributed by atoms with E-state index in [4.69, 9.17) is 0 Å². The van der Waals surface area contributed by atoms with Gasteiger partial charge in [0.2, 0.25) is 0 Å². The van der Waals surface area contributed by atoms with Gasteiger partial charge in [-0.05, 0) is 48.8 Å². The maximum absolute atomic E-state index is 3.82. The molecule has 0 aliphatic heterocycles. The Morgan fingerprint density at radius 1 is 1.32 bits per heavy atom. The molecule has 0 aliphatic rings. The molecular weight excluding hydrogens is 228 g/mol. The normalized spacial score (nSPS) is 13.4. The lowest BCUT2D eigenvalue weighted by molar-refractivity contribution is 0.513. The smallest absolute Gasteiger partial charge is 0.0227 e. The predicted octanol–water partition coefficient (Wildman–Crippen LogP) is 6.26. The molecule has 1 unspecified atom stereocenters. The second kappa shape index (κ2) is 7.99. The van der Waals surface area contributed by atoms with Gasteiger partial charge in [0.05, 0.1) is 0 Å². The molecule has 0 heteroatoms. The van der Waals surface area contributed by atoms with Crippen molar-refractivity contribution >= 4 is 12.2 Å². The third-order valence-electron chi connectivity index (χ3n) is 4.00. The van der Waals surface area contributed by atoms with Crippen LogP contribution in [0.1, 0.15) is 63.1 Å². The summed E-state index contributed by atoms with van der Waals surface area (Å²) in [4.78, 5) is 0. The van der Waals surface area contributed by atoms with Crippen LogP contribution in [0, 0.1) is 12.8 Å². The van der Waals surface area contributed by atoms with Crippen molar-refractivity contribution < 1.29 is 0 Å². The van der Waals surface area contributed by atoms with E-state index in [0.717, 1.165) is 12.3 Å². The lowest BCUT2D eigenvalue weighted by atomic mass is 9.95. The van der Waals surface area contributed by atoms with Gasteiger partial charge in [-0.1, -0.05) is 69.7 Å². The van der Waals surface area contributed by atoms with Crippen LogP contribution in [0.25, 0.3) is 12.2 Å². The Bertz CT molecular complexity index is 437. The van der Waals surface area contributed by atoms with E-state index in [-0.39, 0.29) is 0 Å². The van der Waals surface area contributed by atoms with Crippen LogP contribution in [-0.4, -0.2) is 0 Å². The van der Waals surface area contributed by atoms with E-state index in [1.807, 2.05) is 6.08 Å². The van der Waals surface area contributed by atoms with Gasteiger partial charge in [-0.15, -0.1) is 0 Å². The molecule has 0 amide bonds. The number of allylic oxidation sites excluding steroid dienone is 1. The van der Waals surface area contributed by atoms with E-state index in [1.165, 1.54) is 36.0 Å². The van der Waals surface area contributed by atoms with Crippen molar-refractivity contribution in [2.75, 3.05) is 0 Å². The molecule has 0 fully saturated rings. The summed E-state index contributed by atoms with van der Waals surface area (Å²) in [6.07, 6.45) is 9.26. The average Bonchev–Trinajstić information content (AvgIpc) is 2.44. The number of benzene rings is 1. The summed E-state index contributed by atoms with van der Waals surface area (Å²) < 4.78 is 0. The number of aryl methyl sites for hydroxylation is 1. The Hall–Kier alpha value is -1.30. The minimum atomic E-state index is 0.833. The molecule has 19 heavy (non-hydrogen) atoms. The van der Waals surface area contributed by atoms with Crippen LogP contribution in [0.4, 0.5) is 0 Å². The Kier molecular flexibility index (Phi) is 6.62. The lowest BCUT2D eigenvalue weighted by Gasteiger charge is -2.11. The molecule has 0 radical (unpaired) electrons. The van der Waals surface area contributed by atoms with E-state index >= 15 is 0 Å². The zero-order chi connectivity index (χ0) is 14.3. The summed E-state index contributed by atoms with van der Waals surface area (Å²) in [5.41, 5.74) is 5.46. The van der Waals surface area contributed by atoms with Crippen LogP contribution >= 0.6 is 0 Å². The third kappa shape index (κ3) is 5.06. The number of hydrogen-bond acceptors (Lipinski definition) is 0. The summed E-state index contributed by atoms with van der Waals surface area (Å²) in [7, 11) is 0. The van der Waals surface area contributed by atoms with Crippen LogP contribution in [-0.2, 0) is 0 Å². The van der Waals surface area contributed by atoms with Crippen LogP contribution in [0.15, 0.2) is 30.4 Å². The molecule has 0 nitrogen and oxygen atoms in total. The first-order valence-electron chi connectivity index (χ1n) is 7.53. The first kappa shape index (κ1) is 15.8. The highest BCUT2D eigenvalue weighted by Gasteiger charge is 2.03. The van der Waals surface area contributed by atoms with E-state index in [0.29, 0.717) is 0 Å². The van der Waals surface area contributed by atoms with Gasteiger partial charge in [0.1, 0.15) is 0 Å². The molecular formula is C19H28. The highest BCUT2D eigenvalue weighted by molar-refractivity contribution is 5.60. The fourth-order valence-corrected chi connectivity index (χ4v) is 2.19. The second-order valence-electron chi connectivity index (χ2n) is 5.53. The van der Waals surface area contributed by atoms with Crippen LogP contribution in [0.2, 0.25) is 0 Å². The largest absolute Gasteiger partial charge is 0.0985 e. The first-order chi connectivity index (χ1) is 9.10. The fraction of sp³-hybridized carbons (Fsp3) is 0.474. The Morgan fingerprint density at radius 2 is 2.05 bits per heavy atom. The number of hydrogen-bond donors (Lipinski definition) is 0. The quantitative estimate of drug-likeness (QED) is 0.540. The average molecular weight is 256 g/mol. The van der Waals surface area contributed by atoms with Crippen LogP contribution in [0.3, 0.4) is 0 Å². The van der Waals surface area contributed by atoms with Gasteiger partial charge < -0.3 is 0 Å². The standard InChI is InChI=1S/C19H28/c1-6-15(4)9-10-18(8-3)14-19-12-11-17(7-2)13-16(19)5/h7,11-15H,2,6,8-10H2,1,3-5H3/b18-14-. The zero-order valence-electron chi connectivity index (χ0n) is 13.0. The van der Waals surface area contributed by atoms with E-state index in [9.17, 15) is 0 Å². The maximum atomic E-state index is 3.82. The summed E-state index contributed by atoms with van der Waals surface area (Å²) >= 11 is 0. The summed E-state index contributed by atoms with van der Waals surface area (Å²) in [5, 5.41) is 0. The summed E-state index contributed by atoms with van der Waals surface area (Å²) in [6.45, 7) is 12.9. The highest BCUT2D eigenvalue weighted by Crippen LogP contribution is 2.21. The third-order valence-corrected chi connectivity index (χ3v) is 4.00. The van der Waals surface area contributed by atoms with Crippen molar-refractivity contribution in [3.8, 4) is 0 Å². The van der Waals surface area contributed by atoms with Crippen molar-refractivity contribution in [1.29, 1.82) is 0 Å². The zero-order valence-corrected chi connectivity index (χ0v) is 13.0. The van der Waals surface area contributed by atoms with Crippen molar-refractivity contribution in [2.24, 2.45) is 5.92 Å². The van der Waals surface area contributed by atoms with Gasteiger partial charge >= 0.3 is 0 Å². The highest BCUT2D eigenvalue weighted by atomic mass is 14.1. The topological polar surface area (TPSA) is 0 Å². The number of rotatable bonds is 7. The van der Waals surface area contributed by atoms with E-state index in [2.05, 4.69) is 58.5 Å². The molecule has 0 aliphatic carbocycles. The maximum Gasteiger partial charge on any atom is -0.0227 e. The molecule has 0 bridgehead atoms. The Labute approximate surface area is 119 Å². The van der Waals surface area contributed by atoms with E-state index in [1.54, 1.807) is 5.57 Å². The molecule has 1 rings (SSSR count). The lowest BCUT2D eigenvalue weighted by Crippen LogP contribution is -1.94.